The van der Waals surface area contributed by atoms with Gasteiger partial charge in [-0.15, -0.1) is 0 Å². The molecule has 0 atom stereocenters. The van der Waals surface area contributed by atoms with Crippen LogP contribution in [0, 0.1) is 21.4 Å². The van der Waals surface area contributed by atoms with Crippen LogP contribution >= 0.6 is 0 Å². The monoisotopic (exact) mass is 449 g/mol. The highest BCUT2D eigenvalue weighted by Crippen LogP contribution is 2.29. The van der Waals surface area contributed by atoms with E-state index in [0.717, 1.165) is 25.3 Å². The van der Waals surface area contributed by atoms with Gasteiger partial charge in [0.05, 0.1) is 15.5 Å². The van der Waals surface area contributed by atoms with Crippen LogP contribution in [0.2, 0.25) is 0 Å². The van der Waals surface area contributed by atoms with Crippen LogP contribution in [-0.4, -0.2) is 47.5 Å². The van der Waals surface area contributed by atoms with E-state index in [-0.39, 0.29) is 35.2 Å². The van der Waals surface area contributed by atoms with Gasteiger partial charge in [-0.25, -0.2) is 8.42 Å². The fourth-order valence-electron chi connectivity index (χ4n) is 3.21. The Morgan fingerprint density at radius 2 is 2.00 bits per heavy atom. The summed E-state index contributed by atoms with van der Waals surface area (Å²) in [6.45, 7) is 4.49. The number of H-pyrrole nitrogens is 1. The predicted octanol–water partition coefficient (Wildman–Crippen LogP) is 2.63. The Morgan fingerprint density at radius 3 is 2.61 bits per heavy atom. The number of aryl methyl sites for hydroxylation is 1. The van der Waals surface area contributed by atoms with Crippen LogP contribution in [0.5, 0.6) is 0 Å². The van der Waals surface area contributed by atoms with E-state index in [9.17, 15) is 18.5 Å². The molecule has 31 heavy (non-hydrogen) atoms. The van der Waals surface area contributed by atoms with Crippen LogP contribution in [0.25, 0.3) is 0 Å². The Hall–Kier alpha value is -3.17. The van der Waals surface area contributed by atoms with Crippen molar-refractivity contribution in [1.82, 2.24) is 14.5 Å². The van der Waals surface area contributed by atoms with Crippen LogP contribution in [-0.2, 0) is 16.4 Å². The number of benzene rings is 1. The summed E-state index contributed by atoms with van der Waals surface area (Å²) in [7, 11) is -3.78. The first-order valence-electron chi connectivity index (χ1n) is 10.0. The maximum atomic E-state index is 12.6. The van der Waals surface area contributed by atoms with Crippen LogP contribution in [0.15, 0.2) is 23.1 Å². The van der Waals surface area contributed by atoms with Crippen molar-refractivity contribution in [3.63, 3.8) is 0 Å². The number of nitriles is 1. The number of nitrogen functional groups attached to an aromatic ring is 1. The third kappa shape index (κ3) is 5.71. The van der Waals surface area contributed by atoms with E-state index in [1.165, 1.54) is 16.4 Å². The summed E-state index contributed by atoms with van der Waals surface area (Å²) in [5.41, 5.74) is 6.67. The Kier molecular flexibility index (Phi) is 8.35. The van der Waals surface area contributed by atoms with Gasteiger partial charge in [-0.05, 0) is 31.4 Å². The number of nitrogens with two attached hydrogens (primary N) is 1. The molecular formula is C19H27N7O4S. The Morgan fingerprint density at radius 1 is 1.29 bits per heavy atom. The zero-order valence-corrected chi connectivity index (χ0v) is 18.4. The number of nitrogens with zero attached hydrogens (tertiary/aromatic N) is 4. The van der Waals surface area contributed by atoms with E-state index in [1.807, 2.05) is 6.07 Å². The molecule has 0 aliphatic heterocycles. The first kappa shape index (κ1) is 24.1. The molecule has 0 saturated carbocycles. The molecule has 0 amide bonds. The molecule has 0 bridgehead atoms. The lowest BCUT2D eigenvalue weighted by atomic mass is 10.1. The number of rotatable bonds is 12. The van der Waals surface area contributed by atoms with Gasteiger partial charge < -0.3 is 11.1 Å². The van der Waals surface area contributed by atoms with Crippen molar-refractivity contribution in [2.75, 3.05) is 30.7 Å². The van der Waals surface area contributed by atoms with Gasteiger partial charge in [0.2, 0.25) is 10.0 Å². The summed E-state index contributed by atoms with van der Waals surface area (Å²) < 4.78 is 26.5. The number of unbranched alkanes of at least 4 members (excludes halogenated alkanes) is 2. The fourth-order valence-corrected chi connectivity index (χ4v) is 4.69. The lowest BCUT2D eigenvalue weighted by molar-refractivity contribution is -0.384. The van der Waals surface area contributed by atoms with Crippen LogP contribution < -0.4 is 11.1 Å². The fraction of sp³-hybridized carbons (Fsp3) is 0.474. The maximum Gasteiger partial charge on any atom is 0.293 e. The van der Waals surface area contributed by atoms with Crippen molar-refractivity contribution >= 4 is 27.2 Å². The molecule has 1 aromatic carbocycles. The molecule has 168 valence electrons. The lowest BCUT2D eigenvalue weighted by Gasteiger charge is -2.18. The van der Waals surface area contributed by atoms with Gasteiger partial charge in [0.25, 0.3) is 5.69 Å². The van der Waals surface area contributed by atoms with Crippen LogP contribution in [0.3, 0.4) is 0 Å². The molecule has 0 radical (unpaired) electrons. The maximum absolute atomic E-state index is 12.6. The minimum Gasteiger partial charge on any atom is -0.381 e. The van der Waals surface area contributed by atoms with Crippen LogP contribution in [0.4, 0.5) is 17.2 Å². The number of hydrogen-bond donors (Lipinski definition) is 3. The smallest absolute Gasteiger partial charge is 0.293 e. The molecule has 12 heteroatoms. The number of aromatic nitrogens is 2. The minimum atomic E-state index is -3.78. The van der Waals surface area contributed by atoms with Crippen LogP contribution in [0.1, 0.15) is 44.4 Å². The third-order valence-electron chi connectivity index (χ3n) is 4.91. The Bertz CT molecular complexity index is 1060. The average Bonchev–Trinajstić information content (AvgIpc) is 3.10. The summed E-state index contributed by atoms with van der Waals surface area (Å²) in [4.78, 5) is 10.8. The molecule has 0 aliphatic carbocycles. The van der Waals surface area contributed by atoms with Crippen molar-refractivity contribution in [2.45, 2.75) is 44.4 Å². The van der Waals surface area contributed by atoms with Crippen molar-refractivity contribution in [3.05, 3.63) is 39.6 Å². The Labute approximate surface area is 181 Å². The second-order valence-corrected chi connectivity index (χ2v) is 8.77. The molecule has 2 aromatic rings. The summed E-state index contributed by atoms with van der Waals surface area (Å²) in [6.07, 6.45) is 2.98. The topological polar surface area (TPSA) is 171 Å². The first-order valence-corrected chi connectivity index (χ1v) is 11.5. The molecule has 0 fully saturated rings. The lowest BCUT2D eigenvalue weighted by Crippen LogP contribution is -2.30. The molecule has 11 nitrogen and oxygen atoms in total. The molecule has 0 unspecified atom stereocenters. The normalized spacial score (nSPS) is 11.4. The van der Waals surface area contributed by atoms with Gasteiger partial charge in [-0.2, -0.15) is 14.7 Å². The highest BCUT2D eigenvalue weighted by atomic mass is 32.2. The molecule has 0 aliphatic rings. The second kappa shape index (κ2) is 10.7. The molecular weight excluding hydrogens is 422 g/mol. The number of nitro benzene ring substituents is 1. The van der Waals surface area contributed by atoms with Crippen molar-refractivity contribution in [1.29, 1.82) is 5.26 Å². The second-order valence-electron chi connectivity index (χ2n) is 6.84. The molecule has 2 rings (SSSR count). The van der Waals surface area contributed by atoms with E-state index in [0.29, 0.717) is 24.2 Å². The number of aromatic amines is 1. The SMILES string of the molecule is CCN(CC)S(=O)(=O)c1ccc(NCCCCCc2[nH]nc(N)c2C#N)c([N+](=O)[O-])c1. The van der Waals surface area contributed by atoms with Gasteiger partial charge in [-0.3, -0.25) is 15.2 Å². The molecule has 1 aromatic heterocycles. The van der Waals surface area contributed by atoms with E-state index >= 15 is 0 Å². The van der Waals surface area contributed by atoms with E-state index in [1.54, 1.807) is 13.8 Å². The highest BCUT2D eigenvalue weighted by Gasteiger charge is 2.25. The number of nitrogens with one attached hydrogen (secondary N) is 2. The summed E-state index contributed by atoms with van der Waals surface area (Å²) in [5.74, 6) is 0.193. The molecule has 0 spiro atoms. The zero-order valence-electron chi connectivity index (χ0n) is 17.6. The van der Waals surface area contributed by atoms with Crippen molar-refractivity contribution in [2.24, 2.45) is 0 Å². The Balaban J connectivity index is 1.96. The summed E-state index contributed by atoms with van der Waals surface area (Å²) >= 11 is 0. The minimum absolute atomic E-state index is 0.0967. The number of nitro groups is 1. The van der Waals surface area contributed by atoms with Gasteiger partial charge in [-0.1, -0.05) is 20.3 Å². The molecule has 1 heterocycles. The van der Waals surface area contributed by atoms with Gasteiger partial charge in [0, 0.05) is 25.7 Å². The molecule has 4 N–H and O–H groups in total. The predicted molar refractivity (Wildman–Crippen MR) is 117 cm³/mol. The van der Waals surface area contributed by atoms with Crippen molar-refractivity contribution in [3.8, 4) is 6.07 Å². The number of sulfonamides is 1. The average molecular weight is 450 g/mol. The summed E-state index contributed by atoms with van der Waals surface area (Å²) in [5, 5.41) is 30.1. The van der Waals surface area contributed by atoms with Gasteiger partial charge in [0.15, 0.2) is 5.82 Å². The van der Waals surface area contributed by atoms with E-state index in [2.05, 4.69) is 15.5 Å². The quantitative estimate of drug-likeness (QED) is 0.252. The third-order valence-corrected chi connectivity index (χ3v) is 6.96. The highest BCUT2D eigenvalue weighted by molar-refractivity contribution is 7.89. The zero-order chi connectivity index (χ0) is 23.0. The van der Waals surface area contributed by atoms with Gasteiger partial charge in [0.1, 0.15) is 17.3 Å². The van der Waals surface area contributed by atoms with E-state index in [4.69, 9.17) is 11.0 Å². The number of anilines is 2. The largest absolute Gasteiger partial charge is 0.381 e. The molecule has 0 saturated heterocycles. The number of hydrogen-bond acceptors (Lipinski definition) is 8. The standard InChI is InChI=1S/C19H27N7O4S/c1-3-25(4-2)31(29,30)14-9-10-17(18(12-14)26(27)28)22-11-7-5-6-8-16-15(13-20)19(21)24-23-16/h9-10,12,22H,3-8,11H2,1-2H3,(H3,21,23,24). The van der Waals surface area contributed by atoms with Crippen molar-refractivity contribution < 1.29 is 13.3 Å². The first-order chi connectivity index (χ1) is 14.8. The summed E-state index contributed by atoms with van der Waals surface area (Å²) in [6, 6.07) is 5.94. The van der Waals surface area contributed by atoms with Gasteiger partial charge >= 0.3 is 0 Å². The van der Waals surface area contributed by atoms with E-state index < -0.39 is 14.9 Å².